The van der Waals surface area contributed by atoms with Crippen LogP contribution in [0.2, 0.25) is 0 Å². The minimum atomic E-state index is -0.342. The molecule has 1 aliphatic rings. The van der Waals surface area contributed by atoms with Crippen LogP contribution in [0.4, 0.5) is 5.69 Å². The average Bonchev–Trinajstić information content (AvgIpc) is 3.25. The van der Waals surface area contributed by atoms with E-state index in [-0.39, 0.29) is 11.7 Å². The number of fused-ring (bicyclic) bond motifs is 1. The molecule has 0 aliphatic carbocycles. The Bertz CT molecular complexity index is 920. The summed E-state index contributed by atoms with van der Waals surface area (Å²) < 4.78 is 11.5. The lowest BCUT2D eigenvalue weighted by Gasteiger charge is -2.04. The summed E-state index contributed by atoms with van der Waals surface area (Å²) in [5.41, 5.74) is 3.36. The van der Waals surface area contributed by atoms with E-state index >= 15 is 0 Å². The number of ether oxygens (including phenoxy) is 1. The van der Waals surface area contributed by atoms with E-state index in [0.717, 1.165) is 27.8 Å². The monoisotopic (exact) mass is 384 g/mol. The van der Waals surface area contributed by atoms with Gasteiger partial charge in [-0.1, -0.05) is 17.3 Å². The van der Waals surface area contributed by atoms with Gasteiger partial charge >= 0.3 is 0 Å². The molecule has 2 heterocycles. The standard InChI is InChI=1S/C18H13BrN2O3/c19-13-3-1-2-4-14(13)20-18(22)17-10-15(21-24-17)11-5-6-16-12(9-11)7-8-23-16/h1-6,9-10H,7-8H2,(H,20,22). The van der Waals surface area contributed by atoms with Gasteiger partial charge in [-0.25, -0.2) is 0 Å². The van der Waals surface area contributed by atoms with Crippen LogP contribution in [0, 0.1) is 0 Å². The Balaban J connectivity index is 1.56. The van der Waals surface area contributed by atoms with Crippen LogP contribution in [0.25, 0.3) is 11.3 Å². The van der Waals surface area contributed by atoms with E-state index in [1.807, 2.05) is 36.4 Å². The molecule has 1 N–H and O–H groups in total. The lowest BCUT2D eigenvalue weighted by atomic mass is 10.1. The Kier molecular flexibility index (Phi) is 3.82. The number of anilines is 1. The summed E-state index contributed by atoms with van der Waals surface area (Å²) in [4.78, 5) is 12.3. The number of aromatic nitrogens is 1. The zero-order chi connectivity index (χ0) is 16.5. The van der Waals surface area contributed by atoms with E-state index in [0.29, 0.717) is 18.0 Å². The normalized spacial score (nSPS) is 12.5. The molecule has 4 rings (SSSR count). The second-order valence-electron chi connectivity index (χ2n) is 5.43. The highest BCUT2D eigenvalue weighted by Crippen LogP contribution is 2.30. The van der Waals surface area contributed by atoms with Gasteiger partial charge in [-0.3, -0.25) is 4.79 Å². The van der Waals surface area contributed by atoms with Crippen molar-refractivity contribution in [1.29, 1.82) is 0 Å². The zero-order valence-corrected chi connectivity index (χ0v) is 14.2. The van der Waals surface area contributed by atoms with Crippen molar-refractivity contribution in [2.75, 3.05) is 11.9 Å². The molecule has 120 valence electrons. The Morgan fingerprint density at radius 3 is 2.92 bits per heavy atom. The van der Waals surface area contributed by atoms with Crippen molar-refractivity contribution in [1.82, 2.24) is 5.16 Å². The number of carbonyl (C=O) groups excluding carboxylic acids is 1. The highest BCUT2D eigenvalue weighted by Gasteiger charge is 2.17. The molecule has 0 spiro atoms. The third kappa shape index (κ3) is 2.80. The van der Waals surface area contributed by atoms with Crippen LogP contribution in [0.1, 0.15) is 16.1 Å². The molecular formula is C18H13BrN2O3. The van der Waals surface area contributed by atoms with Gasteiger partial charge in [-0.05, 0) is 51.8 Å². The first-order chi connectivity index (χ1) is 11.7. The topological polar surface area (TPSA) is 64.4 Å². The van der Waals surface area contributed by atoms with Gasteiger partial charge in [0, 0.05) is 22.5 Å². The van der Waals surface area contributed by atoms with Crippen molar-refractivity contribution < 1.29 is 14.1 Å². The number of hydrogen-bond donors (Lipinski definition) is 1. The van der Waals surface area contributed by atoms with E-state index in [2.05, 4.69) is 26.4 Å². The third-order valence-electron chi connectivity index (χ3n) is 3.84. The molecule has 0 atom stereocenters. The number of halogens is 1. The minimum Gasteiger partial charge on any atom is -0.493 e. The first-order valence-corrected chi connectivity index (χ1v) is 8.29. The smallest absolute Gasteiger partial charge is 0.294 e. The van der Waals surface area contributed by atoms with E-state index in [1.165, 1.54) is 0 Å². The Labute approximate surface area is 146 Å². The fraction of sp³-hybridized carbons (Fsp3) is 0.111. The highest BCUT2D eigenvalue weighted by atomic mass is 79.9. The van der Waals surface area contributed by atoms with Crippen LogP contribution in [0.15, 0.2) is 57.5 Å². The van der Waals surface area contributed by atoms with Crippen LogP contribution in [0.5, 0.6) is 5.75 Å². The van der Waals surface area contributed by atoms with Crippen molar-refractivity contribution >= 4 is 27.5 Å². The summed E-state index contributed by atoms with van der Waals surface area (Å²) in [6.45, 7) is 0.706. The Morgan fingerprint density at radius 1 is 1.17 bits per heavy atom. The second kappa shape index (κ2) is 6.13. The van der Waals surface area contributed by atoms with Gasteiger partial charge < -0.3 is 14.6 Å². The first kappa shape index (κ1) is 15.0. The summed E-state index contributed by atoms with van der Waals surface area (Å²) in [5.74, 6) is 0.733. The molecule has 3 aromatic rings. The van der Waals surface area contributed by atoms with Crippen molar-refractivity contribution in [3.05, 3.63) is 64.3 Å². The van der Waals surface area contributed by atoms with Gasteiger partial charge in [-0.15, -0.1) is 0 Å². The maximum atomic E-state index is 12.3. The predicted molar refractivity (Wildman–Crippen MR) is 93.2 cm³/mol. The van der Waals surface area contributed by atoms with Crippen LogP contribution in [0.3, 0.4) is 0 Å². The molecule has 0 radical (unpaired) electrons. The fourth-order valence-electron chi connectivity index (χ4n) is 2.61. The molecule has 0 unspecified atom stereocenters. The molecule has 0 saturated carbocycles. The molecule has 5 nitrogen and oxygen atoms in total. The van der Waals surface area contributed by atoms with Gasteiger partial charge in [-0.2, -0.15) is 0 Å². The molecule has 0 bridgehead atoms. The molecule has 1 aliphatic heterocycles. The maximum absolute atomic E-state index is 12.3. The number of rotatable bonds is 3. The Morgan fingerprint density at radius 2 is 2.04 bits per heavy atom. The average molecular weight is 385 g/mol. The van der Waals surface area contributed by atoms with Crippen molar-refractivity contribution in [2.24, 2.45) is 0 Å². The molecule has 24 heavy (non-hydrogen) atoms. The zero-order valence-electron chi connectivity index (χ0n) is 12.6. The third-order valence-corrected chi connectivity index (χ3v) is 4.53. The molecule has 0 fully saturated rings. The first-order valence-electron chi connectivity index (χ1n) is 7.49. The quantitative estimate of drug-likeness (QED) is 0.731. The number of amides is 1. The number of para-hydroxylation sites is 1. The van der Waals surface area contributed by atoms with Crippen LogP contribution < -0.4 is 10.1 Å². The number of nitrogens with zero attached hydrogens (tertiary/aromatic N) is 1. The van der Waals surface area contributed by atoms with Gasteiger partial charge in [0.15, 0.2) is 0 Å². The molecule has 2 aromatic carbocycles. The Hall–Kier alpha value is -2.60. The summed E-state index contributed by atoms with van der Waals surface area (Å²) in [7, 11) is 0. The summed E-state index contributed by atoms with van der Waals surface area (Å²) in [6, 6.07) is 14.9. The highest BCUT2D eigenvalue weighted by molar-refractivity contribution is 9.10. The molecule has 6 heteroatoms. The number of benzene rings is 2. The van der Waals surface area contributed by atoms with E-state index < -0.39 is 0 Å². The summed E-state index contributed by atoms with van der Waals surface area (Å²) in [5, 5.41) is 6.80. The summed E-state index contributed by atoms with van der Waals surface area (Å²) in [6.07, 6.45) is 0.885. The molecule has 1 aromatic heterocycles. The number of carbonyl (C=O) groups is 1. The van der Waals surface area contributed by atoms with Gasteiger partial charge in [0.2, 0.25) is 5.76 Å². The largest absolute Gasteiger partial charge is 0.493 e. The fourth-order valence-corrected chi connectivity index (χ4v) is 2.99. The molecular weight excluding hydrogens is 372 g/mol. The lowest BCUT2D eigenvalue weighted by molar-refractivity contribution is 0.0988. The van der Waals surface area contributed by atoms with E-state index in [1.54, 1.807) is 12.1 Å². The van der Waals surface area contributed by atoms with Gasteiger partial charge in [0.1, 0.15) is 11.4 Å². The number of nitrogens with one attached hydrogen (secondary N) is 1. The SMILES string of the molecule is O=C(Nc1ccccc1Br)c1cc(-c2ccc3c(c2)CCO3)no1. The van der Waals surface area contributed by atoms with Gasteiger partial charge in [0.05, 0.1) is 12.3 Å². The van der Waals surface area contributed by atoms with Gasteiger partial charge in [0.25, 0.3) is 5.91 Å². The van der Waals surface area contributed by atoms with Crippen molar-refractivity contribution in [2.45, 2.75) is 6.42 Å². The second-order valence-corrected chi connectivity index (χ2v) is 6.29. The number of hydrogen-bond acceptors (Lipinski definition) is 4. The minimum absolute atomic E-state index is 0.164. The summed E-state index contributed by atoms with van der Waals surface area (Å²) >= 11 is 3.39. The van der Waals surface area contributed by atoms with Crippen LogP contribution in [-0.2, 0) is 6.42 Å². The van der Waals surface area contributed by atoms with E-state index in [4.69, 9.17) is 9.26 Å². The molecule has 0 saturated heterocycles. The van der Waals surface area contributed by atoms with Crippen molar-refractivity contribution in [3.8, 4) is 17.0 Å². The predicted octanol–water partition coefficient (Wildman–Crippen LogP) is 4.29. The maximum Gasteiger partial charge on any atom is 0.294 e. The van der Waals surface area contributed by atoms with Crippen LogP contribution in [-0.4, -0.2) is 17.7 Å². The van der Waals surface area contributed by atoms with Crippen LogP contribution >= 0.6 is 15.9 Å². The lowest BCUT2D eigenvalue weighted by Crippen LogP contribution is -2.11. The van der Waals surface area contributed by atoms with Crippen molar-refractivity contribution in [3.63, 3.8) is 0 Å². The van der Waals surface area contributed by atoms with E-state index in [9.17, 15) is 4.79 Å². The molecule has 1 amide bonds.